The molecule has 34 heavy (non-hydrogen) atoms. The molecule has 0 saturated carbocycles. The van der Waals surface area contributed by atoms with Gasteiger partial charge >= 0.3 is 0 Å². The van der Waals surface area contributed by atoms with Crippen LogP contribution in [0.15, 0.2) is 76.4 Å². The second-order valence-electron chi connectivity index (χ2n) is 9.45. The van der Waals surface area contributed by atoms with Crippen molar-refractivity contribution < 1.29 is 14.6 Å². The number of anilines is 2. The number of Topliss-reactive ketones (excluding diaryl/α,β-unsaturated/α-hetero) is 1. The number of phenolic OH excluding ortho intramolecular Hbond substituents is 1. The van der Waals surface area contributed by atoms with Gasteiger partial charge in [0, 0.05) is 22.7 Å². The van der Waals surface area contributed by atoms with E-state index in [-0.39, 0.29) is 16.9 Å². The van der Waals surface area contributed by atoms with Crippen molar-refractivity contribution in [1.82, 2.24) is 0 Å². The van der Waals surface area contributed by atoms with Gasteiger partial charge in [0.05, 0.1) is 16.2 Å². The monoisotopic (exact) mass is 538 g/mol. The molecule has 5 rings (SSSR count). The van der Waals surface area contributed by atoms with Gasteiger partial charge in [-0.2, -0.15) is 0 Å². The van der Waals surface area contributed by atoms with Crippen LogP contribution in [0.5, 0.6) is 17.2 Å². The van der Waals surface area contributed by atoms with Crippen LogP contribution >= 0.6 is 27.5 Å². The van der Waals surface area contributed by atoms with E-state index < -0.39 is 6.04 Å². The Bertz CT molecular complexity index is 1340. The smallest absolute Gasteiger partial charge is 0.163 e. The zero-order valence-corrected chi connectivity index (χ0v) is 21.1. The minimum atomic E-state index is -0.473. The molecule has 174 valence electrons. The molecule has 0 amide bonds. The third kappa shape index (κ3) is 4.28. The molecule has 1 aliphatic heterocycles. The van der Waals surface area contributed by atoms with Crippen molar-refractivity contribution in [2.24, 2.45) is 5.41 Å². The van der Waals surface area contributed by atoms with Gasteiger partial charge in [0.15, 0.2) is 5.78 Å². The topological polar surface area (TPSA) is 70.6 Å². The summed E-state index contributed by atoms with van der Waals surface area (Å²) in [6.07, 6.45) is 1.12. The maximum Gasteiger partial charge on any atom is 0.163 e. The molecule has 0 spiro atoms. The summed E-state index contributed by atoms with van der Waals surface area (Å²) in [5.41, 5.74) is 3.30. The summed E-state index contributed by atoms with van der Waals surface area (Å²) < 4.78 is 6.85. The zero-order valence-electron chi connectivity index (χ0n) is 18.8. The van der Waals surface area contributed by atoms with Crippen LogP contribution in [-0.4, -0.2) is 10.9 Å². The lowest BCUT2D eigenvalue weighted by atomic mass is 9.73. The van der Waals surface area contributed by atoms with E-state index in [1.165, 1.54) is 0 Å². The molecule has 3 aromatic carbocycles. The molecule has 1 unspecified atom stereocenters. The highest BCUT2D eigenvalue weighted by molar-refractivity contribution is 9.10. The third-order valence-electron chi connectivity index (χ3n) is 6.17. The number of hydrogen-bond acceptors (Lipinski definition) is 5. The van der Waals surface area contributed by atoms with Gasteiger partial charge in [-0.15, -0.1) is 0 Å². The summed E-state index contributed by atoms with van der Waals surface area (Å²) in [6.45, 7) is 4.16. The SMILES string of the molecule is CC1(C)CC(=O)C2=C(C1)Nc1c(O)cccc1NC2c1ccc(Oc2ccccc2Br)cc1Cl. The van der Waals surface area contributed by atoms with Gasteiger partial charge in [0.25, 0.3) is 0 Å². The molecule has 0 radical (unpaired) electrons. The van der Waals surface area contributed by atoms with Crippen molar-refractivity contribution in [3.63, 3.8) is 0 Å². The van der Waals surface area contributed by atoms with Crippen LogP contribution < -0.4 is 15.4 Å². The van der Waals surface area contributed by atoms with Crippen LogP contribution in [0, 0.1) is 5.41 Å². The summed E-state index contributed by atoms with van der Waals surface area (Å²) in [6, 6.07) is 17.9. The first-order chi connectivity index (χ1) is 16.2. The number of carbonyl (C=O) groups is 1. The highest BCUT2D eigenvalue weighted by atomic mass is 79.9. The Hall–Kier alpha value is -2.96. The number of allylic oxidation sites excluding steroid dienone is 1. The largest absolute Gasteiger partial charge is 0.506 e. The van der Waals surface area contributed by atoms with Gasteiger partial charge in [-0.05, 0) is 69.7 Å². The van der Waals surface area contributed by atoms with E-state index in [2.05, 4.69) is 40.4 Å². The van der Waals surface area contributed by atoms with E-state index >= 15 is 0 Å². The van der Waals surface area contributed by atoms with E-state index in [0.717, 1.165) is 15.7 Å². The highest BCUT2D eigenvalue weighted by Gasteiger charge is 2.39. The van der Waals surface area contributed by atoms with E-state index in [1.54, 1.807) is 18.2 Å². The first-order valence-corrected chi connectivity index (χ1v) is 12.2. The molecule has 0 fully saturated rings. The quantitative estimate of drug-likeness (QED) is 0.296. The lowest BCUT2D eigenvalue weighted by Crippen LogP contribution is -2.31. The Balaban J connectivity index is 1.58. The number of aromatic hydroxyl groups is 1. The fourth-order valence-electron chi connectivity index (χ4n) is 4.64. The average Bonchev–Trinajstić information content (AvgIpc) is 2.92. The maximum atomic E-state index is 13.4. The van der Waals surface area contributed by atoms with Crippen molar-refractivity contribution in [3.8, 4) is 17.2 Å². The Morgan fingerprint density at radius 2 is 1.88 bits per heavy atom. The molecular weight excluding hydrogens is 516 g/mol. The average molecular weight is 540 g/mol. The van der Waals surface area contributed by atoms with Crippen molar-refractivity contribution in [2.45, 2.75) is 32.7 Å². The fraction of sp³-hybridized carbons (Fsp3) is 0.222. The van der Waals surface area contributed by atoms with Crippen molar-refractivity contribution in [2.75, 3.05) is 10.6 Å². The van der Waals surface area contributed by atoms with Crippen LogP contribution in [0.4, 0.5) is 11.4 Å². The lowest BCUT2D eigenvalue weighted by Gasteiger charge is -2.34. The number of hydrogen-bond donors (Lipinski definition) is 3. The third-order valence-corrected chi connectivity index (χ3v) is 7.16. The normalized spacial score (nSPS) is 18.8. The van der Waals surface area contributed by atoms with E-state index in [9.17, 15) is 9.90 Å². The number of ketones is 1. The summed E-state index contributed by atoms with van der Waals surface area (Å²) >= 11 is 10.3. The minimum absolute atomic E-state index is 0.0631. The van der Waals surface area contributed by atoms with E-state index in [0.29, 0.717) is 46.3 Å². The molecule has 1 heterocycles. The first kappa shape index (κ1) is 22.8. The Labute approximate surface area is 211 Å². The predicted octanol–water partition coefficient (Wildman–Crippen LogP) is 7.82. The van der Waals surface area contributed by atoms with Gasteiger partial charge in [-0.3, -0.25) is 4.79 Å². The number of halogens is 2. The van der Waals surface area contributed by atoms with E-state index in [4.69, 9.17) is 16.3 Å². The number of ether oxygens (including phenoxy) is 1. The number of carbonyl (C=O) groups excluding carboxylic acids is 1. The van der Waals surface area contributed by atoms with Crippen LogP contribution in [0.2, 0.25) is 5.02 Å². The molecule has 2 aliphatic rings. The predicted molar refractivity (Wildman–Crippen MR) is 139 cm³/mol. The van der Waals surface area contributed by atoms with Crippen molar-refractivity contribution in [1.29, 1.82) is 0 Å². The molecule has 7 heteroatoms. The molecule has 5 nitrogen and oxygen atoms in total. The summed E-state index contributed by atoms with van der Waals surface area (Å²) in [4.78, 5) is 13.4. The van der Waals surface area contributed by atoms with Gasteiger partial charge in [-0.1, -0.05) is 49.7 Å². The van der Waals surface area contributed by atoms with E-state index in [1.807, 2.05) is 42.5 Å². The van der Waals surface area contributed by atoms with Gasteiger partial charge < -0.3 is 20.5 Å². The number of fused-ring (bicyclic) bond motifs is 1. The van der Waals surface area contributed by atoms with Gasteiger partial charge in [0.2, 0.25) is 0 Å². The number of para-hydroxylation sites is 2. The maximum absolute atomic E-state index is 13.4. The molecule has 1 aliphatic carbocycles. The Kier molecular flexibility index (Phi) is 5.82. The number of phenols is 1. The molecule has 0 bridgehead atoms. The van der Waals surface area contributed by atoms with Crippen molar-refractivity contribution in [3.05, 3.63) is 87.0 Å². The molecule has 0 saturated heterocycles. The second-order valence-corrected chi connectivity index (χ2v) is 10.7. The fourth-order valence-corrected chi connectivity index (χ4v) is 5.29. The Morgan fingerprint density at radius 1 is 1.09 bits per heavy atom. The standard InChI is InChI=1S/C27H24BrClN2O3/c1-27(2)13-20-24(22(33)14-27)25(30-19-7-5-8-21(32)26(19)31-20)16-11-10-15(12-18(16)29)34-23-9-4-3-6-17(23)28/h3-12,25,30-32H,13-14H2,1-2H3. The molecule has 3 aromatic rings. The van der Waals surface area contributed by atoms with Gasteiger partial charge in [-0.25, -0.2) is 0 Å². The summed E-state index contributed by atoms with van der Waals surface area (Å²) in [5.74, 6) is 1.46. The van der Waals surface area contributed by atoms with Crippen LogP contribution in [0.25, 0.3) is 0 Å². The van der Waals surface area contributed by atoms with Crippen LogP contribution in [-0.2, 0) is 4.79 Å². The zero-order chi connectivity index (χ0) is 24.0. The number of benzene rings is 3. The molecule has 1 atom stereocenters. The number of nitrogens with one attached hydrogen (secondary N) is 2. The van der Waals surface area contributed by atoms with Crippen LogP contribution in [0.1, 0.15) is 38.3 Å². The van der Waals surface area contributed by atoms with Gasteiger partial charge in [0.1, 0.15) is 22.9 Å². The first-order valence-electron chi connectivity index (χ1n) is 11.1. The second kappa shape index (κ2) is 8.67. The number of rotatable bonds is 3. The minimum Gasteiger partial charge on any atom is -0.506 e. The Morgan fingerprint density at radius 3 is 2.65 bits per heavy atom. The molecule has 3 N–H and O–H groups in total. The van der Waals surface area contributed by atoms with Crippen molar-refractivity contribution >= 4 is 44.7 Å². The summed E-state index contributed by atoms with van der Waals surface area (Å²) in [7, 11) is 0. The molecular formula is C27H24BrClN2O3. The lowest BCUT2D eigenvalue weighted by molar-refractivity contribution is -0.118. The highest BCUT2D eigenvalue weighted by Crippen LogP contribution is 2.48. The van der Waals surface area contributed by atoms with Crippen LogP contribution in [0.3, 0.4) is 0 Å². The molecule has 0 aromatic heterocycles. The summed E-state index contributed by atoms with van der Waals surface area (Å²) in [5, 5.41) is 17.8.